The van der Waals surface area contributed by atoms with E-state index in [1.807, 2.05) is 0 Å². The van der Waals surface area contributed by atoms with E-state index in [0.29, 0.717) is 0 Å². The SMILES string of the molecule is O.O.[Co].[O]=[Ce]=[O].[Ru]. The third kappa shape index (κ3) is 71.0. The topological polar surface area (TPSA) is 97.1 Å². The summed E-state index contributed by atoms with van der Waals surface area (Å²) in [6.45, 7) is 0. The fourth-order valence-corrected chi connectivity index (χ4v) is 0. The van der Waals surface area contributed by atoms with Gasteiger partial charge in [0.25, 0.3) is 0 Å². The van der Waals surface area contributed by atoms with Crippen molar-refractivity contribution in [2.24, 2.45) is 0 Å². The van der Waals surface area contributed by atoms with Crippen molar-refractivity contribution in [1.29, 1.82) is 0 Å². The molecule has 0 aliphatic carbocycles. The summed E-state index contributed by atoms with van der Waals surface area (Å²) < 4.78 is 17.1. The molecule has 7 heteroatoms. The van der Waals surface area contributed by atoms with Crippen LogP contribution in [0.1, 0.15) is 0 Å². The van der Waals surface area contributed by atoms with E-state index < -0.39 is 37.8 Å². The fourth-order valence-electron chi connectivity index (χ4n) is 0. The van der Waals surface area contributed by atoms with Gasteiger partial charge in [0.05, 0.1) is 0 Å². The molecule has 0 aliphatic rings. The molecule has 0 rings (SSSR count). The van der Waals surface area contributed by atoms with E-state index in [1.54, 1.807) is 0 Å². The quantitative estimate of drug-likeness (QED) is 0.467. The van der Waals surface area contributed by atoms with E-state index in [1.165, 1.54) is 0 Å². The van der Waals surface area contributed by atoms with Crippen LogP contribution in [0.25, 0.3) is 0 Å². The molecule has 0 unspecified atom stereocenters. The molecular weight excluding hydrogens is 364 g/mol. The Balaban J connectivity index is -0.00000000333. The van der Waals surface area contributed by atoms with Crippen molar-refractivity contribution >= 4 is 0 Å². The smallest absolute Gasteiger partial charge is 0 e. The third-order valence-electron chi connectivity index (χ3n) is 0. The molecule has 0 saturated heterocycles. The largest absolute Gasteiger partial charge is 0 e. The van der Waals surface area contributed by atoms with E-state index in [2.05, 4.69) is 0 Å². The normalized spacial score (nSPS) is 1.14. The molecule has 0 aliphatic heterocycles. The van der Waals surface area contributed by atoms with Crippen LogP contribution in [0.4, 0.5) is 0 Å². The van der Waals surface area contributed by atoms with Crippen molar-refractivity contribution in [3.8, 4) is 0 Å². The summed E-state index contributed by atoms with van der Waals surface area (Å²) in [7, 11) is 0. The van der Waals surface area contributed by atoms with Crippen molar-refractivity contribution in [1.82, 2.24) is 0 Å². The minimum atomic E-state index is -2.42. The van der Waals surface area contributed by atoms with Gasteiger partial charge in [0.2, 0.25) is 0 Å². The Hall–Kier alpha value is 2.03. The molecule has 7 heavy (non-hydrogen) atoms. The number of rotatable bonds is 0. The second-order valence-electron chi connectivity index (χ2n) is 0.0833. The standard InChI is InChI=1S/Ce.Co.2H2O.2O.Ru/h;;2*1H2;;;. The summed E-state index contributed by atoms with van der Waals surface area (Å²) in [6.07, 6.45) is 0. The van der Waals surface area contributed by atoms with Gasteiger partial charge in [-0.05, 0) is 0 Å². The van der Waals surface area contributed by atoms with E-state index in [4.69, 9.17) is 1.88 Å². The van der Waals surface area contributed by atoms with Gasteiger partial charge >= 0.3 is 39.7 Å². The molecule has 0 aromatic rings. The molecule has 0 saturated carbocycles. The maximum atomic E-state index is 8.57. The van der Waals surface area contributed by atoms with Gasteiger partial charge in [-0.25, -0.2) is 0 Å². The van der Waals surface area contributed by atoms with Crippen molar-refractivity contribution < 1.29 is 86.9 Å². The predicted molar refractivity (Wildman–Crippen MR) is 8.60 cm³/mol. The second-order valence-corrected chi connectivity index (χ2v) is 0.607. The van der Waals surface area contributed by atoms with Crippen LogP contribution in [0.3, 0.4) is 0 Å². The molecule has 0 fully saturated rings. The summed E-state index contributed by atoms with van der Waals surface area (Å²) in [5, 5.41) is 0. The van der Waals surface area contributed by atoms with E-state index in [0.717, 1.165) is 0 Å². The molecule has 0 aromatic carbocycles. The predicted octanol–water partition coefficient (Wildman–Crippen LogP) is -1.89. The summed E-state index contributed by atoms with van der Waals surface area (Å²) in [5.74, 6) is 0. The average molecular weight is 368 g/mol. The first-order valence-electron chi connectivity index (χ1n) is 0.408. The van der Waals surface area contributed by atoms with Gasteiger partial charge in [-0.2, -0.15) is 0 Å². The Morgan fingerprint density at radius 2 is 1.00 bits per heavy atom. The van der Waals surface area contributed by atoms with Gasteiger partial charge in [-0.1, -0.05) is 0 Å². The van der Waals surface area contributed by atoms with Crippen LogP contribution >= 0.6 is 0 Å². The van der Waals surface area contributed by atoms with Crippen LogP contribution < -0.4 is 0 Å². The van der Waals surface area contributed by atoms with Crippen molar-refractivity contribution in [3.63, 3.8) is 0 Å². The molecule has 1 radical (unpaired) electrons. The Bertz CT molecular complexity index is 32.7. The van der Waals surface area contributed by atoms with Crippen molar-refractivity contribution in [3.05, 3.63) is 0 Å². The van der Waals surface area contributed by atoms with Gasteiger partial charge in [0, 0.05) is 36.3 Å². The van der Waals surface area contributed by atoms with Crippen molar-refractivity contribution in [2.75, 3.05) is 0 Å². The second kappa shape index (κ2) is 43.3. The first-order chi connectivity index (χ1) is 1.41. The van der Waals surface area contributed by atoms with Crippen LogP contribution in [0, 0.1) is 37.8 Å². The summed E-state index contributed by atoms with van der Waals surface area (Å²) in [6, 6.07) is 0. The molecule has 0 spiro atoms. The summed E-state index contributed by atoms with van der Waals surface area (Å²) >= 11 is -2.42. The van der Waals surface area contributed by atoms with E-state index >= 15 is 0 Å². The molecule has 4 nitrogen and oxygen atoms in total. The Morgan fingerprint density at radius 3 is 1.00 bits per heavy atom. The minimum absolute atomic E-state index is 0. The van der Waals surface area contributed by atoms with Crippen LogP contribution in [0.2, 0.25) is 0 Å². The van der Waals surface area contributed by atoms with Crippen LogP contribution in [0.5, 0.6) is 0 Å². The van der Waals surface area contributed by atoms with Crippen LogP contribution in [-0.4, -0.2) is 11.0 Å². The molecule has 0 atom stereocenters. The van der Waals surface area contributed by atoms with Gasteiger partial charge in [-0.15, -0.1) is 0 Å². The summed E-state index contributed by atoms with van der Waals surface area (Å²) in [4.78, 5) is 0. The zero-order valence-electron chi connectivity index (χ0n) is 3.00. The zero-order valence-corrected chi connectivity index (χ0v) is 8.92. The average Bonchev–Trinajstić information content (AvgIpc) is 0.918. The number of hydrogen-bond donors (Lipinski definition) is 0. The first-order valence-corrected chi connectivity index (χ1v) is 2.97. The molecular formula is H4CeCoO4Ru. The van der Waals surface area contributed by atoms with Gasteiger partial charge < -0.3 is 11.0 Å². The fraction of sp³-hybridized carbons (Fsp3) is 0. The van der Waals surface area contributed by atoms with Crippen LogP contribution in [-0.2, 0) is 38.1 Å². The molecule has 4 N–H and O–H groups in total. The minimum Gasteiger partial charge on any atom is 0 e. The van der Waals surface area contributed by atoms with Gasteiger partial charge in [-0.3, -0.25) is 0 Å². The maximum absolute atomic E-state index is 8.57. The first kappa shape index (κ1) is 35.9. The Morgan fingerprint density at radius 1 is 1.00 bits per heavy atom. The van der Waals surface area contributed by atoms with Gasteiger partial charge in [0.15, 0.2) is 0 Å². The monoisotopic (exact) mass is 369 g/mol. The molecule has 49 valence electrons. The zero-order chi connectivity index (χ0) is 2.71. The van der Waals surface area contributed by atoms with Gasteiger partial charge in [0.1, 0.15) is 0 Å². The molecule has 0 aromatic heterocycles. The molecule has 0 amide bonds. The number of hydrogen-bond acceptors (Lipinski definition) is 2. The van der Waals surface area contributed by atoms with E-state index in [-0.39, 0.29) is 47.2 Å². The molecule has 0 heterocycles. The Labute approximate surface area is 85.4 Å². The van der Waals surface area contributed by atoms with Crippen LogP contribution in [0.15, 0.2) is 0 Å². The third-order valence-corrected chi connectivity index (χ3v) is 0. The maximum Gasteiger partial charge on any atom is 0 e. The van der Waals surface area contributed by atoms with Crippen molar-refractivity contribution in [2.45, 2.75) is 0 Å². The van der Waals surface area contributed by atoms with E-state index in [9.17, 15) is 0 Å². The molecule has 0 bridgehead atoms. The summed E-state index contributed by atoms with van der Waals surface area (Å²) in [5.41, 5.74) is 0. The Kier molecular flexibility index (Phi) is 222.